The maximum absolute atomic E-state index is 12.8. The van der Waals surface area contributed by atoms with Gasteiger partial charge in [-0.15, -0.1) is 0 Å². The minimum atomic E-state index is -0.361. The van der Waals surface area contributed by atoms with Crippen molar-refractivity contribution in [2.24, 2.45) is 5.92 Å². The molecule has 10 nitrogen and oxygen atoms in total. The number of benzene rings is 2. The normalized spacial score (nSPS) is 21.5. The van der Waals surface area contributed by atoms with Crippen molar-refractivity contribution in [2.45, 2.75) is 50.8 Å². The quantitative estimate of drug-likeness (QED) is 0.256. The Bertz CT molecular complexity index is 1250. The summed E-state index contributed by atoms with van der Waals surface area (Å²) in [4.78, 5) is 14.8. The number of carbonyl (C=O) groups is 1. The van der Waals surface area contributed by atoms with Crippen LogP contribution in [0.3, 0.4) is 0 Å². The van der Waals surface area contributed by atoms with Crippen LogP contribution >= 0.6 is 11.6 Å². The van der Waals surface area contributed by atoms with Gasteiger partial charge in [0.25, 0.3) is 0 Å². The molecule has 4 N–H and O–H groups in total. The Morgan fingerprint density at radius 2 is 2.05 bits per heavy atom. The Balaban J connectivity index is 1.50. The van der Waals surface area contributed by atoms with Gasteiger partial charge < -0.3 is 40.4 Å². The summed E-state index contributed by atoms with van der Waals surface area (Å²) >= 11 is 6.64. The number of nitriles is 1. The van der Waals surface area contributed by atoms with Crippen LogP contribution in [0.4, 0.5) is 17.1 Å². The third-order valence-corrected chi connectivity index (χ3v) is 7.92. The van der Waals surface area contributed by atoms with Crippen LogP contribution in [-0.4, -0.2) is 77.0 Å². The summed E-state index contributed by atoms with van der Waals surface area (Å²) in [7, 11) is 5.72. The predicted octanol–water partition coefficient (Wildman–Crippen LogP) is 4.88. The number of hydrogen-bond donors (Lipinski definition) is 4. The highest BCUT2D eigenvalue weighted by Crippen LogP contribution is 2.42. The summed E-state index contributed by atoms with van der Waals surface area (Å²) < 4.78 is 17.4. The molecule has 4 rings (SSSR count). The number of hydrogen-bond acceptors (Lipinski definition) is 9. The van der Waals surface area contributed by atoms with Crippen molar-refractivity contribution in [3.63, 3.8) is 0 Å². The third-order valence-electron chi connectivity index (χ3n) is 7.62. The SMILES string of the molecule is CCOc1cc2c(cc1NC(=O)CCCN(C)C)C(Nc1ccc(OCC3CC(OC)CCN3)c(Cl)c1)C(C#N)CN2. The second kappa shape index (κ2) is 15.3. The van der Waals surface area contributed by atoms with E-state index in [0.717, 1.165) is 49.3 Å². The molecule has 2 aliphatic heterocycles. The molecule has 2 aromatic carbocycles. The molecule has 0 spiro atoms. The van der Waals surface area contributed by atoms with Gasteiger partial charge in [0.15, 0.2) is 0 Å². The van der Waals surface area contributed by atoms with Crippen molar-refractivity contribution in [2.75, 3.05) is 70.0 Å². The number of methoxy groups -OCH3 is 1. The van der Waals surface area contributed by atoms with Gasteiger partial charge in [0.2, 0.25) is 5.91 Å². The van der Waals surface area contributed by atoms with Crippen molar-refractivity contribution >= 4 is 34.6 Å². The molecule has 1 saturated heterocycles. The zero-order valence-electron chi connectivity index (χ0n) is 25.0. The lowest BCUT2D eigenvalue weighted by Gasteiger charge is -2.33. The lowest BCUT2D eigenvalue weighted by molar-refractivity contribution is -0.116. The standard InChI is InChI=1S/C31H43ClN6O4/c1-5-41-29-16-26-24(15-27(29)37-30(39)7-6-12-38(2)3)31(20(17-33)18-35-26)36-21-8-9-28(25(32)14-21)42-19-22-13-23(40-4)10-11-34-22/h8-9,14-16,20,22-23,31,34-36H,5-7,10-13,18-19H2,1-4H3,(H,37,39). The zero-order chi connectivity index (χ0) is 30.1. The van der Waals surface area contributed by atoms with E-state index in [0.29, 0.717) is 48.4 Å². The maximum atomic E-state index is 12.8. The Kier molecular flexibility index (Phi) is 11.5. The second-order valence-electron chi connectivity index (χ2n) is 11.1. The molecule has 1 amide bonds. The Labute approximate surface area is 254 Å². The Morgan fingerprint density at radius 1 is 1.21 bits per heavy atom. The van der Waals surface area contributed by atoms with E-state index in [1.807, 2.05) is 51.4 Å². The van der Waals surface area contributed by atoms with Crippen molar-refractivity contribution in [3.05, 3.63) is 40.9 Å². The molecule has 1 fully saturated rings. The lowest BCUT2D eigenvalue weighted by Crippen LogP contribution is -2.44. The highest BCUT2D eigenvalue weighted by Gasteiger charge is 2.31. The van der Waals surface area contributed by atoms with Crippen LogP contribution in [0, 0.1) is 17.2 Å². The van der Waals surface area contributed by atoms with Crippen LogP contribution < -0.4 is 30.7 Å². The van der Waals surface area contributed by atoms with Crippen LogP contribution in [-0.2, 0) is 9.53 Å². The first-order valence-electron chi connectivity index (χ1n) is 14.6. The average Bonchev–Trinajstić information content (AvgIpc) is 2.97. The minimum absolute atomic E-state index is 0.0774. The monoisotopic (exact) mass is 598 g/mol. The van der Waals surface area contributed by atoms with Gasteiger partial charge in [0.05, 0.1) is 41.4 Å². The summed E-state index contributed by atoms with van der Waals surface area (Å²) in [5.74, 6) is 0.755. The molecule has 2 heterocycles. The molecular formula is C31H43ClN6O4. The number of amides is 1. The first kappa shape index (κ1) is 31.7. The summed E-state index contributed by atoms with van der Waals surface area (Å²) in [5.41, 5.74) is 3.08. The number of fused-ring (bicyclic) bond motifs is 1. The molecule has 0 bridgehead atoms. The van der Waals surface area contributed by atoms with Gasteiger partial charge in [0.1, 0.15) is 18.1 Å². The fourth-order valence-electron chi connectivity index (χ4n) is 5.39. The van der Waals surface area contributed by atoms with Crippen LogP contribution in [0.15, 0.2) is 30.3 Å². The van der Waals surface area contributed by atoms with Gasteiger partial charge in [-0.25, -0.2) is 0 Å². The number of ether oxygens (including phenoxy) is 3. The van der Waals surface area contributed by atoms with Crippen LogP contribution in [0.2, 0.25) is 5.02 Å². The molecular weight excluding hydrogens is 556 g/mol. The lowest BCUT2D eigenvalue weighted by atomic mass is 9.88. The average molecular weight is 599 g/mol. The predicted molar refractivity (Wildman–Crippen MR) is 167 cm³/mol. The van der Waals surface area contributed by atoms with Gasteiger partial charge in [-0.3, -0.25) is 4.79 Å². The van der Waals surface area contributed by atoms with Crippen LogP contribution in [0.1, 0.15) is 44.2 Å². The van der Waals surface area contributed by atoms with Gasteiger partial charge in [-0.1, -0.05) is 11.6 Å². The number of nitrogens with one attached hydrogen (secondary N) is 4. The number of nitrogens with zero attached hydrogens (tertiary/aromatic N) is 2. The number of carbonyl (C=O) groups excluding carboxylic acids is 1. The van der Waals surface area contributed by atoms with Gasteiger partial charge in [0, 0.05) is 49.1 Å². The molecule has 0 radical (unpaired) electrons. The minimum Gasteiger partial charge on any atom is -0.492 e. The number of rotatable bonds is 13. The molecule has 0 saturated carbocycles. The maximum Gasteiger partial charge on any atom is 0.224 e. The molecule has 42 heavy (non-hydrogen) atoms. The number of halogens is 1. The summed E-state index contributed by atoms with van der Waals surface area (Å²) in [5, 5.41) is 23.9. The molecule has 4 unspecified atom stereocenters. The van der Waals surface area contributed by atoms with E-state index in [2.05, 4.69) is 32.2 Å². The molecule has 4 atom stereocenters. The summed E-state index contributed by atoms with van der Waals surface area (Å²) in [6.07, 6.45) is 3.28. The van der Waals surface area contributed by atoms with Crippen molar-refractivity contribution in [3.8, 4) is 17.6 Å². The fourth-order valence-corrected chi connectivity index (χ4v) is 5.62. The van der Waals surface area contributed by atoms with Gasteiger partial charge in [-0.05, 0) is 77.6 Å². The Hall–Kier alpha value is -3.23. The van der Waals surface area contributed by atoms with E-state index < -0.39 is 0 Å². The van der Waals surface area contributed by atoms with Crippen molar-refractivity contribution in [1.29, 1.82) is 5.26 Å². The van der Waals surface area contributed by atoms with E-state index in [1.165, 1.54) is 0 Å². The number of piperidine rings is 1. The molecule has 0 aliphatic carbocycles. The van der Waals surface area contributed by atoms with E-state index in [1.54, 1.807) is 7.11 Å². The first-order chi connectivity index (χ1) is 20.3. The molecule has 11 heteroatoms. The summed E-state index contributed by atoms with van der Waals surface area (Å²) in [6.45, 7) is 5.06. The van der Waals surface area contributed by atoms with Crippen molar-refractivity contribution in [1.82, 2.24) is 10.2 Å². The van der Waals surface area contributed by atoms with E-state index >= 15 is 0 Å². The van der Waals surface area contributed by atoms with E-state index in [-0.39, 0.29) is 30.0 Å². The second-order valence-corrected chi connectivity index (χ2v) is 11.5. The van der Waals surface area contributed by atoms with E-state index in [9.17, 15) is 10.1 Å². The number of anilines is 3. The zero-order valence-corrected chi connectivity index (χ0v) is 25.7. The first-order valence-corrected chi connectivity index (χ1v) is 15.0. The van der Waals surface area contributed by atoms with Gasteiger partial charge in [-0.2, -0.15) is 5.26 Å². The highest BCUT2D eigenvalue weighted by atomic mass is 35.5. The Morgan fingerprint density at radius 3 is 2.76 bits per heavy atom. The third kappa shape index (κ3) is 8.42. The van der Waals surface area contributed by atoms with Gasteiger partial charge >= 0.3 is 0 Å². The van der Waals surface area contributed by atoms with Crippen LogP contribution in [0.5, 0.6) is 11.5 Å². The molecule has 0 aromatic heterocycles. The largest absolute Gasteiger partial charge is 0.492 e. The molecule has 2 aliphatic rings. The topological polar surface area (TPSA) is 120 Å². The van der Waals surface area contributed by atoms with Crippen molar-refractivity contribution < 1.29 is 19.0 Å². The fraction of sp³-hybridized carbons (Fsp3) is 0.548. The summed E-state index contributed by atoms with van der Waals surface area (Å²) in [6, 6.07) is 11.7. The highest BCUT2D eigenvalue weighted by molar-refractivity contribution is 6.32. The smallest absolute Gasteiger partial charge is 0.224 e. The molecule has 2 aromatic rings. The van der Waals surface area contributed by atoms with Crippen LogP contribution in [0.25, 0.3) is 0 Å². The molecule has 228 valence electrons. The van der Waals surface area contributed by atoms with E-state index in [4.69, 9.17) is 25.8 Å².